The Bertz CT molecular complexity index is 2110. The van der Waals surface area contributed by atoms with Crippen LogP contribution in [0.5, 0.6) is 5.75 Å². The van der Waals surface area contributed by atoms with Crippen LogP contribution in [0.15, 0.2) is 72.1 Å². The molecule has 3 aromatic rings. The number of likely N-dealkylation sites (tertiary alicyclic amines) is 1. The molecule has 0 spiro atoms. The number of nitrogens with zero attached hydrogens (tertiary/aromatic N) is 5. The number of ketones is 1. The highest BCUT2D eigenvalue weighted by Gasteiger charge is 2.44. The van der Waals surface area contributed by atoms with Gasteiger partial charge in [-0.15, -0.1) is 0 Å². The highest BCUT2D eigenvalue weighted by molar-refractivity contribution is 8.77. The summed E-state index contributed by atoms with van der Waals surface area (Å²) in [5, 5.41) is 9.97. The number of halogens is 1. The van der Waals surface area contributed by atoms with Crippen LogP contribution in [0.2, 0.25) is 0 Å². The average molecular weight is 917 g/mol. The number of piperazine rings is 1. The van der Waals surface area contributed by atoms with Gasteiger partial charge in [-0.25, -0.2) is 14.6 Å². The molecule has 2 aliphatic heterocycles. The van der Waals surface area contributed by atoms with Crippen LogP contribution in [0.25, 0.3) is 0 Å². The Morgan fingerprint density at radius 3 is 2.38 bits per heavy atom. The fourth-order valence-electron chi connectivity index (χ4n) is 7.96. The van der Waals surface area contributed by atoms with E-state index in [4.69, 9.17) is 4.74 Å². The van der Waals surface area contributed by atoms with Gasteiger partial charge in [0.1, 0.15) is 17.3 Å². The first-order valence-electron chi connectivity index (χ1n) is 22.1. The number of hydrogen-bond acceptors (Lipinski definition) is 11. The number of hydrazone groups is 1. The summed E-state index contributed by atoms with van der Waals surface area (Å²) in [5.41, 5.74) is 5.97. The molecule has 17 heteroatoms. The molecule has 3 fully saturated rings. The largest absolute Gasteiger partial charge is 0.494 e. The molecule has 3 N–H and O–H groups in total. The van der Waals surface area contributed by atoms with Crippen LogP contribution in [-0.2, 0) is 25.7 Å². The second kappa shape index (κ2) is 23.3. The third-order valence-corrected chi connectivity index (χ3v) is 15.0. The summed E-state index contributed by atoms with van der Waals surface area (Å²) < 4.78 is 20.3. The third kappa shape index (κ3) is 14.8. The molecule has 2 saturated heterocycles. The van der Waals surface area contributed by atoms with Crippen LogP contribution < -0.4 is 20.8 Å². The zero-order chi connectivity index (χ0) is 45.6. The lowest BCUT2D eigenvalue weighted by Gasteiger charge is -2.42. The van der Waals surface area contributed by atoms with Gasteiger partial charge >= 0.3 is 6.03 Å². The molecule has 64 heavy (non-hydrogen) atoms. The number of carbonyl (C=O) groups excluding carboxylic acids is 5. The summed E-state index contributed by atoms with van der Waals surface area (Å²) in [6.07, 6.45) is 7.75. The van der Waals surface area contributed by atoms with Crippen LogP contribution in [0, 0.1) is 11.7 Å². The van der Waals surface area contributed by atoms with Crippen molar-refractivity contribution in [2.45, 2.75) is 95.9 Å². The van der Waals surface area contributed by atoms with E-state index in [1.807, 2.05) is 62.1 Å². The molecule has 1 saturated carbocycles. The number of nitrogens with one attached hydrogen (secondary N) is 3. The molecule has 3 heterocycles. The van der Waals surface area contributed by atoms with E-state index in [1.165, 1.54) is 6.07 Å². The number of ether oxygens (including phenoxy) is 1. The summed E-state index contributed by atoms with van der Waals surface area (Å²) in [6.45, 7) is 12.1. The number of Topliss-reactive ketones (excluding diaryl/α,β-unsaturated/α-hetero) is 1. The number of piperidine rings is 1. The van der Waals surface area contributed by atoms with Crippen LogP contribution in [0.4, 0.5) is 14.9 Å². The minimum atomic E-state index is -0.489. The SMILES string of the molecule is CC(=O)CCCOc1ccc(/C(C)=N/NC(=O)CC(C)(C)SSCCC(=O)N2CCN(C3CCN(C(=O)NCc4ccc(NC(=O)C5CC5c5cccnc5)cc4F)CC3)CC2)cc1. The molecule has 5 amide bonds. The molecular weight excluding hydrogens is 856 g/mol. The molecule has 2 atom stereocenters. The molecule has 2 unspecified atom stereocenters. The number of rotatable bonds is 20. The number of hydrogen-bond donors (Lipinski definition) is 3. The predicted molar refractivity (Wildman–Crippen MR) is 251 cm³/mol. The number of benzene rings is 2. The molecule has 3 aliphatic rings. The Hall–Kier alpha value is -5.00. The van der Waals surface area contributed by atoms with E-state index in [9.17, 15) is 28.4 Å². The number of amides is 5. The van der Waals surface area contributed by atoms with Crippen molar-refractivity contribution in [3.8, 4) is 5.75 Å². The van der Waals surface area contributed by atoms with Crippen molar-refractivity contribution < 1.29 is 33.1 Å². The number of pyridine rings is 1. The van der Waals surface area contributed by atoms with E-state index in [-0.39, 0.29) is 59.1 Å². The second-order valence-corrected chi connectivity index (χ2v) is 20.4. The van der Waals surface area contributed by atoms with E-state index < -0.39 is 5.82 Å². The highest BCUT2D eigenvalue weighted by Crippen LogP contribution is 2.47. The number of carbonyl (C=O) groups is 5. The van der Waals surface area contributed by atoms with Gasteiger partial charge in [-0.1, -0.05) is 33.7 Å². The summed E-state index contributed by atoms with van der Waals surface area (Å²) in [5.74, 6) is 0.806. The molecule has 1 aromatic heterocycles. The Morgan fingerprint density at radius 1 is 0.938 bits per heavy atom. The van der Waals surface area contributed by atoms with Gasteiger partial charge in [-0.05, 0) is 113 Å². The van der Waals surface area contributed by atoms with Gasteiger partial charge in [0.15, 0.2) is 0 Å². The predicted octanol–water partition coefficient (Wildman–Crippen LogP) is 7.01. The van der Waals surface area contributed by atoms with E-state index in [0.29, 0.717) is 86.6 Å². The molecule has 1 aliphatic carbocycles. The van der Waals surface area contributed by atoms with E-state index >= 15 is 0 Å². The summed E-state index contributed by atoms with van der Waals surface area (Å²) in [6, 6.07) is 15.9. The second-order valence-electron chi connectivity index (χ2n) is 17.3. The quantitative estimate of drug-likeness (QED) is 0.0465. The van der Waals surface area contributed by atoms with Gasteiger partial charge < -0.3 is 30.0 Å². The maximum absolute atomic E-state index is 15.0. The van der Waals surface area contributed by atoms with Crippen molar-refractivity contribution in [1.82, 2.24) is 30.4 Å². The summed E-state index contributed by atoms with van der Waals surface area (Å²) in [4.78, 5) is 72.9. The van der Waals surface area contributed by atoms with Crippen molar-refractivity contribution in [3.05, 3.63) is 89.5 Å². The van der Waals surface area contributed by atoms with Crippen molar-refractivity contribution in [2.75, 3.05) is 56.9 Å². The van der Waals surface area contributed by atoms with Gasteiger partial charge in [0.25, 0.3) is 0 Å². The molecule has 344 valence electrons. The molecule has 6 rings (SSSR count). The monoisotopic (exact) mass is 916 g/mol. The summed E-state index contributed by atoms with van der Waals surface area (Å²) >= 11 is 0. The molecular formula is C47H61FN8O6S2. The zero-order valence-corrected chi connectivity index (χ0v) is 38.9. The standard InChI is InChI=1S/C47H61FN8O6S2/c1-32(57)7-6-25-62-39-13-10-34(11-14-39)33(2)52-53-43(58)29-47(3,4)64-63-26-17-44(59)55-23-21-54(22-24-55)38-15-19-56(20-16-38)46(61)50-31-36-9-12-37(27-42(36)48)51-45(60)41-28-40(41)35-8-5-18-49-30-35/h5,8-14,18,27,30,38,40-41H,6-7,15-17,19-26,28-29,31H2,1-4H3,(H,50,61)(H,51,60)(H,53,58)/b52-33+. The van der Waals surface area contributed by atoms with Gasteiger partial charge in [-0.3, -0.25) is 24.3 Å². The lowest BCUT2D eigenvalue weighted by molar-refractivity contribution is -0.133. The Kier molecular flexibility index (Phi) is 17.6. The first kappa shape index (κ1) is 48.5. The fraction of sp³-hybridized carbons (Fsp3) is 0.511. The fourth-order valence-corrected chi connectivity index (χ4v) is 10.4. The Labute approximate surface area is 383 Å². The normalized spacial score (nSPS) is 18.3. The molecule has 14 nitrogen and oxygen atoms in total. The summed E-state index contributed by atoms with van der Waals surface area (Å²) in [7, 11) is 3.20. The lowest BCUT2D eigenvalue weighted by atomic mass is 10.0. The Morgan fingerprint density at radius 2 is 1.69 bits per heavy atom. The van der Waals surface area contributed by atoms with Gasteiger partial charge in [0.05, 0.1) is 12.3 Å². The lowest BCUT2D eigenvalue weighted by Crippen LogP contribution is -2.55. The van der Waals surface area contributed by atoms with Gasteiger partial charge in [-0.2, -0.15) is 5.10 Å². The van der Waals surface area contributed by atoms with Crippen molar-refractivity contribution in [1.29, 1.82) is 0 Å². The average Bonchev–Trinajstić information content (AvgIpc) is 4.10. The third-order valence-electron chi connectivity index (χ3n) is 11.8. The van der Waals surface area contributed by atoms with Crippen LogP contribution in [-0.4, -0.2) is 117 Å². The molecule has 2 aromatic carbocycles. The van der Waals surface area contributed by atoms with Gasteiger partial charge in [0, 0.05) is 111 Å². The minimum Gasteiger partial charge on any atom is -0.494 e. The molecule has 0 radical (unpaired) electrons. The first-order chi connectivity index (χ1) is 30.7. The van der Waals surface area contributed by atoms with Crippen LogP contribution >= 0.6 is 21.6 Å². The van der Waals surface area contributed by atoms with Crippen molar-refractivity contribution >= 4 is 62.5 Å². The number of aromatic nitrogens is 1. The van der Waals surface area contributed by atoms with Crippen molar-refractivity contribution in [3.63, 3.8) is 0 Å². The minimum absolute atomic E-state index is 0.0448. The smallest absolute Gasteiger partial charge is 0.317 e. The topological polar surface area (TPSA) is 166 Å². The maximum Gasteiger partial charge on any atom is 0.317 e. The molecule has 0 bridgehead atoms. The van der Waals surface area contributed by atoms with E-state index in [2.05, 4.69) is 31.0 Å². The zero-order valence-electron chi connectivity index (χ0n) is 37.3. The van der Waals surface area contributed by atoms with Crippen LogP contribution in [0.3, 0.4) is 0 Å². The van der Waals surface area contributed by atoms with E-state index in [1.54, 1.807) is 57.9 Å². The first-order valence-corrected chi connectivity index (χ1v) is 24.5. The number of urea groups is 1. The highest BCUT2D eigenvalue weighted by atomic mass is 33.1. The maximum atomic E-state index is 15.0. The van der Waals surface area contributed by atoms with Crippen LogP contribution in [0.1, 0.15) is 95.2 Å². The van der Waals surface area contributed by atoms with Gasteiger partial charge in [0.2, 0.25) is 17.7 Å². The van der Waals surface area contributed by atoms with Crippen molar-refractivity contribution in [2.24, 2.45) is 11.0 Å². The number of anilines is 1. The van der Waals surface area contributed by atoms with E-state index in [0.717, 1.165) is 43.5 Å². The Balaban J connectivity index is 0.809.